The van der Waals surface area contributed by atoms with Crippen molar-refractivity contribution in [3.63, 3.8) is 0 Å². The first-order chi connectivity index (χ1) is 10.4. The zero-order chi connectivity index (χ0) is 16.4. The number of carbonyl (C=O) groups is 2. The molecule has 1 heterocycles. The Balaban J connectivity index is 2.56. The molecule has 6 heteroatoms. The van der Waals surface area contributed by atoms with E-state index in [2.05, 4.69) is 10.3 Å². The third-order valence-electron chi connectivity index (χ3n) is 3.66. The van der Waals surface area contributed by atoms with Gasteiger partial charge in [-0.25, -0.2) is 4.98 Å². The summed E-state index contributed by atoms with van der Waals surface area (Å²) in [4.78, 5) is 40.6. The minimum Gasteiger partial charge on any atom is -0.295 e. The summed E-state index contributed by atoms with van der Waals surface area (Å²) in [7, 11) is 0. The van der Waals surface area contributed by atoms with Crippen LogP contribution in [0, 0.1) is 13.8 Å². The number of hydrogen-bond donors (Lipinski definition) is 1. The summed E-state index contributed by atoms with van der Waals surface area (Å²) in [6.45, 7) is 6.75. The summed E-state index contributed by atoms with van der Waals surface area (Å²) >= 11 is 0. The van der Waals surface area contributed by atoms with Crippen molar-refractivity contribution in [1.29, 1.82) is 0 Å². The van der Waals surface area contributed by atoms with Gasteiger partial charge in [-0.1, -0.05) is 19.1 Å². The number of amides is 2. The number of benzene rings is 1. The molecule has 1 N–H and O–H groups in total. The molecule has 1 aromatic carbocycles. The molecule has 0 fully saturated rings. The van der Waals surface area contributed by atoms with Crippen LogP contribution in [-0.2, 0) is 9.59 Å². The number of nitrogens with one attached hydrogen (secondary N) is 1. The van der Waals surface area contributed by atoms with Gasteiger partial charge >= 0.3 is 0 Å². The zero-order valence-electron chi connectivity index (χ0n) is 13.1. The van der Waals surface area contributed by atoms with E-state index in [9.17, 15) is 14.4 Å². The molecule has 0 radical (unpaired) electrons. The zero-order valence-corrected chi connectivity index (χ0v) is 13.1. The van der Waals surface area contributed by atoms with Crippen LogP contribution in [0.5, 0.6) is 0 Å². The number of hydrogen-bond acceptors (Lipinski definition) is 4. The molecule has 2 rings (SSSR count). The van der Waals surface area contributed by atoms with Crippen molar-refractivity contribution in [3.05, 3.63) is 39.9 Å². The van der Waals surface area contributed by atoms with Gasteiger partial charge in [0, 0.05) is 6.42 Å². The topological polar surface area (TPSA) is 81.1 Å². The van der Waals surface area contributed by atoms with Gasteiger partial charge < -0.3 is 0 Å². The smallest absolute Gasteiger partial charge is 0.262 e. The lowest BCUT2D eigenvalue weighted by Crippen LogP contribution is -2.39. The van der Waals surface area contributed by atoms with Crippen molar-refractivity contribution in [2.75, 3.05) is 0 Å². The van der Waals surface area contributed by atoms with E-state index in [0.29, 0.717) is 16.7 Å². The number of carbonyl (C=O) groups excluding carboxylic acids is 2. The third kappa shape index (κ3) is 2.77. The number of nitrogens with zero attached hydrogens (tertiary/aromatic N) is 2. The van der Waals surface area contributed by atoms with E-state index in [1.54, 1.807) is 26.8 Å². The molecule has 0 aliphatic carbocycles. The van der Waals surface area contributed by atoms with Gasteiger partial charge in [0.2, 0.25) is 11.8 Å². The van der Waals surface area contributed by atoms with Crippen LogP contribution in [0.25, 0.3) is 10.9 Å². The Labute approximate surface area is 128 Å². The maximum absolute atomic E-state index is 12.7. The number of imide groups is 1. The predicted octanol–water partition coefficient (Wildman–Crippen LogP) is 1.63. The minimum atomic E-state index is -0.806. The molecule has 6 nitrogen and oxygen atoms in total. The number of fused-ring (bicyclic) bond motifs is 1. The number of aromatic nitrogens is 2. The number of rotatable bonds is 3. The Kier molecular flexibility index (Phi) is 4.40. The summed E-state index contributed by atoms with van der Waals surface area (Å²) in [5.41, 5.74) is 1.14. The van der Waals surface area contributed by atoms with Gasteiger partial charge in [-0.3, -0.25) is 24.3 Å². The molecule has 0 saturated heterocycles. The molecule has 1 atom stereocenters. The molecule has 0 spiro atoms. The van der Waals surface area contributed by atoms with Crippen molar-refractivity contribution in [2.45, 2.75) is 40.2 Å². The highest BCUT2D eigenvalue weighted by atomic mass is 16.2. The molecule has 2 amide bonds. The first-order valence-corrected chi connectivity index (χ1v) is 7.19. The molecule has 0 bridgehead atoms. The second-order valence-electron chi connectivity index (χ2n) is 5.25. The summed E-state index contributed by atoms with van der Waals surface area (Å²) in [6.07, 6.45) is 0.210. The normalized spacial score (nSPS) is 12.2. The highest BCUT2D eigenvalue weighted by Gasteiger charge is 2.21. The molecule has 1 aromatic heterocycles. The standard InChI is InChI=1S/C16H19N3O3/c1-5-13(20)18-15(21)10(3)19-11(4)17-12-8-6-7-9(2)14(12)16(19)22/h6-8,10H,5H2,1-4H3,(H,18,20,21). The van der Waals surface area contributed by atoms with Crippen LogP contribution in [0.3, 0.4) is 0 Å². The lowest BCUT2D eigenvalue weighted by Gasteiger charge is -2.17. The fourth-order valence-corrected chi connectivity index (χ4v) is 2.42. The van der Waals surface area contributed by atoms with Crippen LogP contribution < -0.4 is 10.9 Å². The molecule has 22 heavy (non-hydrogen) atoms. The third-order valence-corrected chi connectivity index (χ3v) is 3.66. The summed E-state index contributed by atoms with van der Waals surface area (Å²) in [6, 6.07) is 4.63. The fraction of sp³-hybridized carbons (Fsp3) is 0.375. The quantitative estimate of drug-likeness (QED) is 0.934. The molecular weight excluding hydrogens is 282 g/mol. The largest absolute Gasteiger partial charge is 0.295 e. The maximum atomic E-state index is 12.7. The molecule has 0 saturated carbocycles. The van der Waals surface area contributed by atoms with Crippen molar-refractivity contribution >= 4 is 22.7 Å². The van der Waals surface area contributed by atoms with E-state index in [4.69, 9.17) is 0 Å². The summed E-state index contributed by atoms with van der Waals surface area (Å²) in [5, 5.41) is 2.77. The minimum absolute atomic E-state index is 0.210. The molecule has 116 valence electrons. The van der Waals surface area contributed by atoms with Crippen LogP contribution >= 0.6 is 0 Å². The van der Waals surface area contributed by atoms with Crippen molar-refractivity contribution < 1.29 is 9.59 Å². The van der Waals surface area contributed by atoms with Crippen LogP contribution in [-0.4, -0.2) is 21.4 Å². The Bertz CT molecular complexity index is 808. The van der Waals surface area contributed by atoms with E-state index in [0.717, 1.165) is 5.56 Å². The fourth-order valence-electron chi connectivity index (χ4n) is 2.42. The average molecular weight is 301 g/mol. The lowest BCUT2D eigenvalue weighted by atomic mass is 10.1. The maximum Gasteiger partial charge on any atom is 0.262 e. The van der Waals surface area contributed by atoms with E-state index in [1.807, 2.05) is 19.1 Å². The number of aryl methyl sites for hydroxylation is 2. The van der Waals surface area contributed by atoms with Crippen molar-refractivity contribution in [2.24, 2.45) is 0 Å². The molecule has 2 aromatic rings. The lowest BCUT2D eigenvalue weighted by molar-refractivity contribution is -0.132. The molecule has 1 unspecified atom stereocenters. The van der Waals surface area contributed by atoms with Crippen LogP contribution in [0.15, 0.2) is 23.0 Å². The van der Waals surface area contributed by atoms with E-state index >= 15 is 0 Å². The first-order valence-electron chi connectivity index (χ1n) is 7.19. The van der Waals surface area contributed by atoms with Gasteiger partial charge in [0.1, 0.15) is 11.9 Å². The molecule has 0 aliphatic rings. The Morgan fingerprint density at radius 1 is 1.32 bits per heavy atom. The van der Waals surface area contributed by atoms with Gasteiger partial charge in [-0.2, -0.15) is 0 Å². The van der Waals surface area contributed by atoms with Crippen LogP contribution in [0.1, 0.15) is 37.7 Å². The second kappa shape index (κ2) is 6.09. The monoisotopic (exact) mass is 301 g/mol. The van der Waals surface area contributed by atoms with E-state index in [-0.39, 0.29) is 17.9 Å². The van der Waals surface area contributed by atoms with Gasteiger partial charge in [0.25, 0.3) is 5.56 Å². The van der Waals surface area contributed by atoms with E-state index in [1.165, 1.54) is 4.57 Å². The van der Waals surface area contributed by atoms with Gasteiger partial charge in [-0.15, -0.1) is 0 Å². The molecule has 0 aliphatic heterocycles. The van der Waals surface area contributed by atoms with Gasteiger partial charge in [-0.05, 0) is 32.4 Å². The highest BCUT2D eigenvalue weighted by Crippen LogP contribution is 2.15. The van der Waals surface area contributed by atoms with Crippen molar-refractivity contribution in [3.8, 4) is 0 Å². The van der Waals surface area contributed by atoms with Crippen LogP contribution in [0.2, 0.25) is 0 Å². The van der Waals surface area contributed by atoms with Gasteiger partial charge in [0.15, 0.2) is 0 Å². The average Bonchev–Trinajstić information content (AvgIpc) is 2.46. The first kappa shape index (κ1) is 15.9. The Morgan fingerprint density at radius 2 is 2.00 bits per heavy atom. The van der Waals surface area contributed by atoms with Gasteiger partial charge in [0.05, 0.1) is 10.9 Å². The SMILES string of the molecule is CCC(=O)NC(=O)C(C)n1c(C)nc2cccc(C)c2c1=O. The van der Waals surface area contributed by atoms with E-state index < -0.39 is 11.9 Å². The Hall–Kier alpha value is -2.50. The molecular formula is C16H19N3O3. The van der Waals surface area contributed by atoms with Crippen LogP contribution in [0.4, 0.5) is 0 Å². The second-order valence-corrected chi connectivity index (χ2v) is 5.25. The van der Waals surface area contributed by atoms with Crippen molar-refractivity contribution in [1.82, 2.24) is 14.9 Å². The summed E-state index contributed by atoms with van der Waals surface area (Å²) in [5.74, 6) is -0.436. The predicted molar refractivity (Wildman–Crippen MR) is 83.6 cm³/mol. The Morgan fingerprint density at radius 3 is 2.64 bits per heavy atom. The summed E-state index contributed by atoms with van der Waals surface area (Å²) < 4.78 is 1.33. The highest BCUT2D eigenvalue weighted by molar-refractivity contribution is 5.96.